The fraction of sp³-hybridized carbons (Fsp3) is 0. The average molecular weight is 703 g/mol. The molecule has 0 radical (unpaired) electrons. The molecule has 52 heavy (non-hydrogen) atoms. The zero-order valence-corrected chi connectivity index (χ0v) is 30.9. The molecule has 0 aliphatic rings. The normalized spacial score (nSPS) is 11.6. The number of rotatable bonds is 9. The molecule has 2 heteroatoms. The molecular weight excluding hydrogens is 662 g/mol. The van der Waals surface area contributed by atoms with E-state index in [1.54, 1.807) is 0 Å². The predicted octanol–water partition coefficient (Wildman–Crippen LogP) is 10.1. The van der Waals surface area contributed by atoms with E-state index < -0.39 is 13.8 Å². The molecule has 0 bridgehead atoms. The van der Waals surface area contributed by atoms with Crippen LogP contribution in [0, 0.1) is 0 Å². The molecule has 8 aromatic rings. The van der Waals surface area contributed by atoms with Crippen molar-refractivity contribution in [1.29, 1.82) is 0 Å². The third-order valence-corrected chi connectivity index (χ3v) is 17.1. The molecule has 250 valence electrons. The van der Waals surface area contributed by atoms with Gasteiger partial charge >= 0.3 is 0 Å². The van der Waals surface area contributed by atoms with Gasteiger partial charge in [0.1, 0.15) is 0 Å². The Balaban J connectivity index is 1.16. The van der Waals surface area contributed by atoms with Gasteiger partial charge in [-0.15, -0.1) is 0 Å². The van der Waals surface area contributed by atoms with Gasteiger partial charge in [0.05, 0.1) is 0 Å². The molecule has 0 N–H and O–H groups in total. The van der Waals surface area contributed by atoms with Gasteiger partial charge in [0.25, 0.3) is 0 Å². The lowest BCUT2D eigenvalue weighted by Gasteiger charge is -2.27. The van der Waals surface area contributed by atoms with Crippen LogP contribution in [0.15, 0.2) is 218 Å². The summed E-state index contributed by atoms with van der Waals surface area (Å²) in [5, 5.41) is 7.64. The first-order valence-electron chi connectivity index (χ1n) is 17.7. The van der Waals surface area contributed by atoms with E-state index in [9.17, 15) is 0 Å². The molecule has 0 aliphatic carbocycles. The highest BCUT2D eigenvalue weighted by Crippen LogP contribution is 2.44. The minimum atomic E-state index is -2.09. The van der Waals surface area contributed by atoms with Crippen LogP contribution in [0.4, 0.5) is 0 Å². The summed E-state index contributed by atoms with van der Waals surface area (Å²) in [6, 6.07) is 79.0. The summed E-state index contributed by atoms with van der Waals surface area (Å²) in [4.78, 5) is 0. The Morgan fingerprint density at radius 1 is 0.212 bits per heavy atom. The molecule has 0 heterocycles. The van der Waals surface area contributed by atoms with Crippen molar-refractivity contribution in [2.45, 2.75) is 0 Å². The molecule has 0 aliphatic heterocycles. The van der Waals surface area contributed by atoms with Crippen molar-refractivity contribution >= 4 is 58.2 Å². The first-order chi connectivity index (χ1) is 25.5. The van der Waals surface area contributed by atoms with Gasteiger partial charge in [-0.1, -0.05) is 207 Å². The van der Waals surface area contributed by atoms with E-state index in [-0.39, 0.29) is 0 Å². The lowest BCUT2D eigenvalue weighted by Crippen LogP contribution is -2.25. The van der Waals surface area contributed by atoms with Gasteiger partial charge in [0.15, 0.2) is 0 Å². The van der Waals surface area contributed by atoms with Crippen molar-refractivity contribution < 1.29 is 0 Å². The van der Waals surface area contributed by atoms with Crippen molar-refractivity contribution in [3.63, 3.8) is 0 Å². The summed E-state index contributed by atoms with van der Waals surface area (Å²) in [6.45, 7) is -4.18. The maximum atomic E-state index is 4.98. The average Bonchev–Trinajstić information content (AvgIpc) is 3.24. The molecule has 0 nitrogen and oxygen atoms in total. The van der Waals surface area contributed by atoms with Crippen molar-refractivity contribution in [3.8, 4) is 33.4 Å². The molecule has 0 unspecified atom stereocenters. The zero-order chi connectivity index (χ0) is 35.4. The Kier molecular flexibility index (Phi) is 9.37. The summed E-state index contributed by atoms with van der Waals surface area (Å²) in [5.41, 5.74) is 7.15. The lowest BCUT2D eigenvalue weighted by molar-refractivity contribution is 1.58. The minimum absolute atomic E-state index is 1.19. The Morgan fingerprint density at radius 2 is 0.423 bits per heavy atom. The Labute approximate surface area is 308 Å². The van der Waals surface area contributed by atoms with Crippen LogP contribution >= 0.6 is 13.8 Å². The third kappa shape index (κ3) is 6.38. The van der Waals surface area contributed by atoms with E-state index in [1.165, 1.54) is 65.2 Å². The Morgan fingerprint density at radius 3 is 0.692 bits per heavy atom. The predicted molar refractivity (Wildman–Crippen MR) is 234 cm³/mol. The molecule has 0 spiro atoms. The summed E-state index contributed by atoms with van der Waals surface area (Å²) >= 11 is 0. The monoisotopic (exact) mass is 702 g/mol. The summed E-state index contributed by atoms with van der Waals surface area (Å²) < 4.78 is 0. The highest BCUT2D eigenvalue weighted by molar-refractivity contribution is 7.93. The van der Waals surface area contributed by atoms with Gasteiger partial charge in [0, 0.05) is 0 Å². The number of hydrogen-bond donors (Lipinski definition) is 0. The van der Waals surface area contributed by atoms with Crippen LogP contribution in [0.3, 0.4) is 0 Å². The van der Waals surface area contributed by atoms with E-state index in [0.717, 1.165) is 0 Å². The van der Waals surface area contributed by atoms with Crippen molar-refractivity contribution in [1.82, 2.24) is 0 Å². The quantitative estimate of drug-likeness (QED) is 0.131. The lowest BCUT2D eigenvalue weighted by atomic mass is 9.96. The molecule has 0 atom stereocenters. The summed E-state index contributed by atoms with van der Waals surface area (Å²) in [5.74, 6) is 0. The van der Waals surface area contributed by atoms with E-state index in [1.807, 2.05) is 0 Å². The van der Waals surface area contributed by atoms with Gasteiger partial charge in [-0.25, -0.2) is 0 Å². The molecule has 0 aromatic heterocycles. The fourth-order valence-electron chi connectivity index (χ4n) is 7.23. The summed E-state index contributed by atoms with van der Waals surface area (Å²) in [7, 11) is 0. The second kappa shape index (κ2) is 14.5. The highest BCUT2D eigenvalue weighted by Gasteiger charge is 2.24. The van der Waals surface area contributed by atoms with Gasteiger partial charge < -0.3 is 0 Å². The van der Waals surface area contributed by atoms with E-state index in [2.05, 4.69) is 218 Å². The van der Waals surface area contributed by atoms with Crippen LogP contribution in [0.5, 0.6) is 0 Å². The summed E-state index contributed by atoms with van der Waals surface area (Å²) in [6.07, 6.45) is 9.97. The van der Waals surface area contributed by atoms with E-state index >= 15 is 0 Å². The molecule has 0 amide bonds. The maximum Gasteiger partial charge on any atom is -0.0159 e. The van der Waals surface area contributed by atoms with Crippen LogP contribution in [0.1, 0.15) is 0 Å². The van der Waals surface area contributed by atoms with Gasteiger partial charge in [0.2, 0.25) is 0 Å². The standard InChI is InChI=1S/C50H40P2/c1-51(45-25-7-3-8-26-45,46-27-9-4-10-28-46)49-33-17-23-43(37-49)41-21-15-19-39(35-41)40-20-16-22-42(36-40)44-24-18-34-50(38-44)52(2,47-29-11-5-12-30-47)48-31-13-6-14-32-48/h3-38H,1-2H2. The largest absolute Gasteiger partial charge is 0.0887 e. The highest BCUT2D eigenvalue weighted by atomic mass is 31.2. The first kappa shape index (κ1) is 33.5. The maximum absolute atomic E-state index is 4.98. The van der Waals surface area contributed by atoms with Crippen LogP contribution in [-0.4, -0.2) is 12.6 Å². The molecule has 0 saturated heterocycles. The van der Waals surface area contributed by atoms with E-state index in [4.69, 9.17) is 12.6 Å². The first-order valence-corrected chi connectivity index (χ1v) is 21.6. The molecule has 8 rings (SSSR count). The van der Waals surface area contributed by atoms with Crippen LogP contribution < -0.4 is 31.8 Å². The van der Waals surface area contributed by atoms with Crippen LogP contribution in [0.2, 0.25) is 0 Å². The SMILES string of the molecule is C=P(c1ccccc1)(c1ccccc1)c1cccc(-c2cccc(-c3cccc(-c4cccc(P(=C)(c5ccccc5)c5ccccc5)c4)c3)c2)c1. The molecule has 0 fully saturated rings. The Hall–Kier alpha value is -5.64. The number of benzene rings is 8. The third-order valence-electron chi connectivity index (χ3n) is 10.1. The Bertz CT molecular complexity index is 2290. The smallest absolute Gasteiger partial charge is 0.0159 e. The number of hydrogen-bond acceptors (Lipinski definition) is 0. The van der Waals surface area contributed by atoms with Gasteiger partial charge in [-0.3, -0.25) is 0 Å². The topological polar surface area (TPSA) is 0 Å². The molecule has 0 saturated carbocycles. The zero-order valence-electron chi connectivity index (χ0n) is 29.1. The second-order valence-corrected chi connectivity index (χ2v) is 19.6. The van der Waals surface area contributed by atoms with Gasteiger partial charge in [-0.05, 0) is 103 Å². The minimum Gasteiger partial charge on any atom is -0.0887 e. The van der Waals surface area contributed by atoms with Crippen molar-refractivity contribution in [3.05, 3.63) is 218 Å². The van der Waals surface area contributed by atoms with Gasteiger partial charge in [-0.2, -0.15) is 0 Å². The van der Waals surface area contributed by atoms with Crippen LogP contribution in [0.25, 0.3) is 33.4 Å². The molecule has 8 aromatic carbocycles. The van der Waals surface area contributed by atoms with Crippen molar-refractivity contribution in [2.75, 3.05) is 0 Å². The van der Waals surface area contributed by atoms with E-state index in [0.29, 0.717) is 0 Å². The fourth-order valence-corrected chi connectivity index (χ4v) is 13.1. The second-order valence-electron chi connectivity index (χ2n) is 13.2. The molecular formula is C50H40P2. The van der Waals surface area contributed by atoms with Crippen LogP contribution in [-0.2, 0) is 0 Å². The van der Waals surface area contributed by atoms with Crippen molar-refractivity contribution in [2.24, 2.45) is 0 Å².